The fourth-order valence-corrected chi connectivity index (χ4v) is 2.57. The van der Waals surface area contributed by atoms with E-state index >= 15 is 0 Å². The van der Waals surface area contributed by atoms with Crippen molar-refractivity contribution in [3.63, 3.8) is 0 Å². The van der Waals surface area contributed by atoms with Crippen LogP contribution < -0.4 is 10.9 Å². The molecule has 1 unspecified atom stereocenters. The fraction of sp³-hybridized carbons (Fsp3) is 0.150. The molecule has 1 atom stereocenters. The van der Waals surface area contributed by atoms with Gasteiger partial charge < -0.3 is 5.32 Å². The number of hydrogen-bond donors (Lipinski definition) is 1. The number of aryl methyl sites for hydroxylation is 1. The predicted molar refractivity (Wildman–Crippen MR) is 97.2 cm³/mol. The minimum absolute atomic E-state index is 0.170. The van der Waals surface area contributed by atoms with Gasteiger partial charge in [-0.3, -0.25) is 9.59 Å². The molecule has 0 radical (unpaired) electrons. The van der Waals surface area contributed by atoms with Crippen LogP contribution in [0.3, 0.4) is 0 Å². The number of aromatic nitrogens is 2. The van der Waals surface area contributed by atoms with Crippen LogP contribution in [0.25, 0.3) is 11.1 Å². The predicted octanol–water partition coefficient (Wildman–Crippen LogP) is 2.94. The number of rotatable bonds is 4. The van der Waals surface area contributed by atoms with Crippen molar-refractivity contribution in [2.24, 2.45) is 7.05 Å². The molecule has 1 heterocycles. The summed E-state index contributed by atoms with van der Waals surface area (Å²) in [6.45, 7) is 1.91. The second-order valence-electron chi connectivity index (χ2n) is 5.86. The monoisotopic (exact) mass is 333 g/mol. The molecule has 3 aromatic rings. The minimum Gasteiger partial charge on any atom is -0.344 e. The van der Waals surface area contributed by atoms with Crippen LogP contribution in [0, 0.1) is 0 Å². The maximum absolute atomic E-state index is 12.3. The van der Waals surface area contributed by atoms with Crippen LogP contribution in [0.2, 0.25) is 0 Å². The summed E-state index contributed by atoms with van der Waals surface area (Å²) in [5.41, 5.74) is 3.25. The molecule has 5 heteroatoms. The summed E-state index contributed by atoms with van der Waals surface area (Å²) < 4.78 is 1.15. The van der Waals surface area contributed by atoms with Gasteiger partial charge in [-0.1, -0.05) is 54.6 Å². The number of carbonyl (C=O) groups excluding carboxylic acids is 1. The van der Waals surface area contributed by atoms with Gasteiger partial charge in [0.05, 0.1) is 6.04 Å². The van der Waals surface area contributed by atoms with Gasteiger partial charge in [-0.05, 0) is 29.7 Å². The Morgan fingerprint density at radius 1 is 0.960 bits per heavy atom. The largest absolute Gasteiger partial charge is 0.344 e. The summed E-state index contributed by atoms with van der Waals surface area (Å²) in [6.07, 6.45) is 0. The molecule has 0 saturated carbocycles. The van der Waals surface area contributed by atoms with E-state index in [9.17, 15) is 9.59 Å². The molecule has 1 aromatic heterocycles. The summed E-state index contributed by atoms with van der Waals surface area (Å²) in [7, 11) is 1.52. The van der Waals surface area contributed by atoms with Crippen LogP contribution in [0.15, 0.2) is 71.5 Å². The summed E-state index contributed by atoms with van der Waals surface area (Å²) in [4.78, 5) is 23.6. The maximum atomic E-state index is 12.3. The Balaban J connectivity index is 1.72. The first-order chi connectivity index (χ1) is 12.0. The Bertz CT molecular complexity index is 931. The summed E-state index contributed by atoms with van der Waals surface area (Å²) in [5, 5.41) is 6.87. The average molecular weight is 333 g/mol. The van der Waals surface area contributed by atoms with E-state index in [0.717, 1.165) is 21.4 Å². The molecule has 25 heavy (non-hydrogen) atoms. The number of benzene rings is 2. The van der Waals surface area contributed by atoms with Crippen LogP contribution >= 0.6 is 0 Å². The number of nitrogens with zero attached hydrogens (tertiary/aromatic N) is 2. The highest BCUT2D eigenvalue weighted by atomic mass is 16.2. The lowest BCUT2D eigenvalue weighted by molar-refractivity contribution is 0.0932. The molecule has 126 valence electrons. The molecule has 1 N–H and O–H groups in total. The highest BCUT2D eigenvalue weighted by Gasteiger charge is 2.13. The first kappa shape index (κ1) is 16.6. The third-order valence-electron chi connectivity index (χ3n) is 4.06. The van der Waals surface area contributed by atoms with Crippen molar-refractivity contribution in [2.75, 3.05) is 0 Å². The van der Waals surface area contributed by atoms with Crippen molar-refractivity contribution in [3.05, 3.63) is 88.3 Å². The molecule has 3 rings (SSSR count). The van der Waals surface area contributed by atoms with E-state index in [0.29, 0.717) is 0 Å². The summed E-state index contributed by atoms with van der Waals surface area (Å²) >= 11 is 0. The second-order valence-corrected chi connectivity index (χ2v) is 5.86. The molecule has 0 aliphatic carbocycles. The molecule has 0 saturated heterocycles. The highest BCUT2D eigenvalue weighted by molar-refractivity contribution is 5.92. The van der Waals surface area contributed by atoms with E-state index < -0.39 is 0 Å². The zero-order valence-electron chi connectivity index (χ0n) is 14.1. The lowest BCUT2D eigenvalue weighted by Crippen LogP contribution is -2.30. The van der Waals surface area contributed by atoms with Crippen molar-refractivity contribution >= 4 is 5.91 Å². The zero-order chi connectivity index (χ0) is 17.8. The molecular weight excluding hydrogens is 314 g/mol. The fourth-order valence-electron chi connectivity index (χ4n) is 2.57. The molecule has 5 nitrogen and oxygen atoms in total. The van der Waals surface area contributed by atoms with Gasteiger partial charge in [0.15, 0.2) is 0 Å². The van der Waals surface area contributed by atoms with E-state index in [4.69, 9.17) is 0 Å². The van der Waals surface area contributed by atoms with Gasteiger partial charge in [0.25, 0.3) is 11.5 Å². The molecule has 0 fully saturated rings. The quantitative estimate of drug-likeness (QED) is 0.798. The Labute approximate surface area is 145 Å². The SMILES string of the molecule is CC(NC(=O)c1ccc(=O)n(C)n1)c1ccc(-c2ccccc2)cc1. The summed E-state index contributed by atoms with van der Waals surface area (Å²) in [5.74, 6) is -0.310. The molecular formula is C20H19N3O2. The van der Waals surface area contributed by atoms with Gasteiger partial charge in [-0.2, -0.15) is 5.10 Å². The molecule has 0 spiro atoms. The van der Waals surface area contributed by atoms with E-state index in [-0.39, 0.29) is 23.2 Å². The number of carbonyl (C=O) groups is 1. The van der Waals surface area contributed by atoms with Crippen LogP contribution in [-0.4, -0.2) is 15.7 Å². The first-order valence-electron chi connectivity index (χ1n) is 8.05. The topological polar surface area (TPSA) is 64.0 Å². The van der Waals surface area contributed by atoms with Gasteiger partial charge >= 0.3 is 0 Å². The summed E-state index contributed by atoms with van der Waals surface area (Å²) in [6, 6.07) is 20.8. The standard InChI is InChI=1S/C20H19N3O2/c1-14(21-20(25)18-12-13-19(24)23(2)22-18)15-8-10-17(11-9-15)16-6-4-3-5-7-16/h3-14H,1-2H3,(H,21,25). The molecule has 2 aromatic carbocycles. The zero-order valence-corrected chi connectivity index (χ0v) is 14.1. The second kappa shape index (κ2) is 7.13. The third kappa shape index (κ3) is 3.83. The molecule has 0 bridgehead atoms. The van der Waals surface area contributed by atoms with Gasteiger partial charge in [0.1, 0.15) is 5.69 Å². The Kier molecular flexibility index (Phi) is 4.75. The van der Waals surface area contributed by atoms with Crippen molar-refractivity contribution in [1.82, 2.24) is 15.1 Å². The van der Waals surface area contributed by atoms with Crippen LogP contribution in [0.5, 0.6) is 0 Å². The lowest BCUT2D eigenvalue weighted by Gasteiger charge is -2.15. The van der Waals surface area contributed by atoms with Crippen LogP contribution in [0.4, 0.5) is 0 Å². The van der Waals surface area contributed by atoms with Crippen molar-refractivity contribution in [3.8, 4) is 11.1 Å². The average Bonchev–Trinajstić information content (AvgIpc) is 2.64. The minimum atomic E-state index is -0.310. The number of nitrogens with one attached hydrogen (secondary N) is 1. The smallest absolute Gasteiger partial charge is 0.272 e. The highest BCUT2D eigenvalue weighted by Crippen LogP contribution is 2.21. The van der Waals surface area contributed by atoms with E-state index in [1.54, 1.807) is 0 Å². The van der Waals surface area contributed by atoms with Crippen molar-refractivity contribution in [1.29, 1.82) is 0 Å². The Morgan fingerprint density at radius 3 is 2.24 bits per heavy atom. The van der Waals surface area contributed by atoms with Crippen LogP contribution in [-0.2, 0) is 7.05 Å². The van der Waals surface area contributed by atoms with Gasteiger partial charge in [0, 0.05) is 13.1 Å². The first-order valence-corrected chi connectivity index (χ1v) is 8.05. The molecule has 1 amide bonds. The Hall–Kier alpha value is -3.21. The normalized spacial score (nSPS) is 11.8. The molecule has 0 aliphatic heterocycles. The van der Waals surface area contributed by atoms with E-state index in [1.165, 1.54) is 19.2 Å². The van der Waals surface area contributed by atoms with E-state index in [1.807, 2.05) is 49.4 Å². The number of amides is 1. The van der Waals surface area contributed by atoms with Gasteiger partial charge in [0.2, 0.25) is 0 Å². The third-order valence-corrected chi connectivity index (χ3v) is 4.06. The van der Waals surface area contributed by atoms with Gasteiger partial charge in [-0.25, -0.2) is 4.68 Å². The van der Waals surface area contributed by atoms with E-state index in [2.05, 4.69) is 22.5 Å². The van der Waals surface area contributed by atoms with Crippen molar-refractivity contribution < 1.29 is 4.79 Å². The lowest BCUT2D eigenvalue weighted by atomic mass is 10.0. The van der Waals surface area contributed by atoms with Crippen molar-refractivity contribution in [2.45, 2.75) is 13.0 Å². The Morgan fingerprint density at radius 2 is 1.60 bits per heavy atom. The molecule has 0 aliphatic rings. The van der Waals surface area contributed by atoms with Gasteiger partial charge in [-0.15, -0.1) is 0 Å². The number of hydrogen-bond acceptors (Lipinski definition) is 3. The van der Waals surface area contributed by atoms with Crippen LogP contribution in [0.1, 0.15) is 29.0 Å². The maximum Gasteiger partial charge on any atom is 0.272 e.